The van der Waals surface area contributed by atoms with Crippen molar-refractivity contribution in [1.29, 1.82) is 0 Å². The van der Waals surface area contributed by atoms with Crippen LogP contribution in [0.15, 0.2) is 23.1 Å². The van der Waals surface area contributed by atoms with Crippen LogP contribution in [0, 0.1) is 5.92 Å². The highest BCUT2D eigenvalue weighted by atomic mass is 35.5. The van der Waals surface area contributed by atoms with E-state index in [1.165, 1.54) is 16.4 Å². The molecule has 1 aromatic rings. The normalized spacial score (nSPS) is 22.6. The Bertz CT molecular complexity index is 575. The van der Waals surface area contributed by atoms with Crippen LogP contribution in [0.1, 0.15) is 13.3 Å². The molecule has 2 unspecified atom stereocenters. The van der Waals surface area contributed by atoms with Gasteiger partial charge in [-0.2, -0.15) is 4.31 Å². The minimum Gasteiger partial charge on any atom is -0.328 e. The fourth-order valence-corrected chi connectivity index (χ4v) is 4.46. The summed E-state index contributed by atoms with van der Waals surface area (Å²) in [7, 11) is -3.60. The van der Waals surface area contributed by atoms with Crippen molar-refractivity contribution in [1.82, 2.24) is 4.31 Å². The maximum atomic E-state index is 12.5. The van der Waals surface area contributed by atoms with Crippen LogP contribution < -0.4 is 5.73 Å². The molecule has 2 N–H and O–H groups in total. The Labute approximate surface area is 123 Å². The van der Waals surface area contributed by atoms with Gasteiger partial charge in [-0.25, -0.2) is 8.42 Å². The first-order chi connectivity index (χ1) is 8.82. The van der Waals surface area contributed by atoms with Crippen molar-refractivity contribution in [2.24, 2.45) is 11.7 Å². The van der Waals surface area contributed by atoms with Crippen LogP contribution in [0.2, 0.25) is 10.0 Å². The van der Waals surface area contributed by atoms with E-state index in [-0.39, 0.29) is 21.9 Å². The van der Waals surface area contributed by atoms with Crippen molar-refractivity contribution < 1.29 is 8.42 Å². The SMILES string of the molecule is CC(N)C1CCN(S(=O)(=O)c2cc(Cl)ccc2Cl)C1. The average molecular weight is 323 g/mol. The molecule has 0 aliphatic carbocycles. The Kier molecular flexibility index (Phi) is 4.42. The van der Waals surface area contributed by atoms with E-state index in [1.807, 2.05) is 6.92 Å². The van der Waals surface area contributed by atoms with Crippen molar-refractivity contribution in [3.63, 3.8) is 0 Å². The molecule has 0 bridgehead atoms. The third kappa shape index (κ3) is 3.06. The third-order valence-corrected chi connectivity index (χ3v) is 6.02. The lowest BCUT2D eigenvalue weighted by Gasteiger charge is -2.18. The number of nitrogens with two attached hydrogens (primary N) is 1. The number of sulfonamides is 1. The first-order valence-electron chi connectivity index (χ1n) is 6.03. The Morgan fingerprint density at radius 2 is 2.11 bits per heavy atom. The van der Waals surface area contributed by atoms with Gasteiger partial charge in [-0.15, -0.1) is 0 Å². The molecule has 1 aromatic carbocycles. The molecule has 106 valence electrons. The van der Waals surface area contributed by atoms with Crippen molar-refractivity contribution in [3.8, 4) is 0 Å². The van der Waals surface area contributed by atoms with Crippen LogP contribution in [0.5, 0.6) is 0 Å². The second-order valence-electron chi connectivity index (χ2n) is 4.85. The van der Waals surface area contributed by atoms with Crippen molar-refractivity contribution in [2.75, 3.05) is 13.1 Å². The van der Waals surface area contributed by atoms with E-state index in [0.29, 0.717) is 18.1 Å². The van der Waals surface area contributed by atoms with Crippen LogP contribution in [0.3, 0.4) is 0 Å². The fourth-order valence-electron chi connectivity index (χ4n) is 2.22. The van der Waals surface area contributed by atoms with Gasteiger partial charge in [0.1, 0.15) is 4.90 Å². The first-order valence-corrected chi connectivity index (χ1v) is 8.22. The third-order valence-electron chi connectivity index (χ3n) is 3.44. The Morgan fingerprint density at radius 3 is 2.68 bits per heavy atom. The first kappa shape index (κ1) is 15.1. The topological polar surface area (TPSA) is 63.4 Å². The molecule has 1 aliphatic heterocycles. The highest BCUT2D eigenvalue weighted by Crippen LogP contribution is 2.31. The summed E-state index contributed by atoms with van der Waals surface area (Å²) in [6.45, 7) is 2.80. The standard InChI is InChI=1S/C12H16Cl2N2O2S/c1-8(15)9-4-5-16(7-9)19(17,18)12-6-10(13)2-3-11(12)14/h2-3,6,8-9H,4-5,7,15H2,1H3. The highest BCUT2D eigenvalue weighted by molar-refractivity contribution is 7.89. The molecule has 7 heteroatoms. The lowest BCUT2D eigenvalue weighted by atomic mass is 10.0. The molecule has 0 spiro atoms. The Morgan fingerprint density at radius 1 is 1.42 bits per heavy atom. The largest absolute Gasteiger partial charge is 0.328 e. The lowest BCUT2D eigenvalue weighted by Crippen LogP contribution is -2.33. The summed E-state index contributed by atoms with van der Waals surface area (Å²) in [5, 5.41) is 0.541. The van der Waals surface area contributed by atoms with Crippen LogP contribution in [-0.4, -0.2) is 31.9 Å². The molecule has 2 rings (SSSR count). The van der Waals surface area contributed by atoms with Crippen LogP contribution in [0.25, 0.3) is 0 Å². The maximum absolute atomic E-state index is 12.5. The molecule has 0 aromatic heterocycles. The number of hydrogen-bond donors (Lipinski definition) is 1. The van der Waals surface area contributed by atoms with E-state index >= 15 is 0 Å². The molecule has 19 heavy (non-hydrogen) atoms. The number of nitrogens with zero attached hydrogens (tertiary/aromatic N) is 1. The van der Waals surface area contributed by atoms with E-state index < -0.39 is 10.0 Å². The maximum Gasteiger partial charge on any atom is 0.244 e. The molecule has 1 aliphatic rings. The van der Waals surface area contributed by atoms with Gasteiger partial charge in [-0.1, -0.05) is 23.2 Å². The Balaban J connectivity index is 2.31. The van der Waals surface area contributed by atoms with Gasteiger partial charge in [0.05, 0.1) is 5.02 Å². The van der Waals surface area contributed by atoms with E-state index in [9.17, 15) is 8.42 Å². The van der Waals surface area contributed by atoms with Crippen LogP contribution in [-0.2, 0) is 10.0 Å². The summed E-state index contributed by atoms with van der Waals surface area (Å²) in [4.78, 5) is 0.0620. The minimum atomic E-state index is -3.60. The van der Waals surface area contributed by atoms with Crippen molar-refractivity contribution >= 4 is 33.2 Å². The van der Waals surface area contributed by atoms with E-state index in [2.05, 4.69) is 0 Å². The summed E-state index contributed by atoms with van der Waals surface area (Å²) < 4.78 is 26.5. The highest BCUT2D eigenvalue weighted by Gasteiger charge is 2.35. The molecular weight excluding hydrogens is 307 g/mol. The summed E-state index contributed by atoms with van der Waals surface area (Å²) in [6, 6.07) is 4.43. The van der Waals surface area contributed by atoms with E-state index in [0.717, 1.165) is 6.42 Å². The van der Waals surface area contributed by atoms with Gasteiger partial charge in [0.15, 0.2) is 0 Å². The zero-order valence-electron chi connectivity index (χ0n) is 10.5. The van der Waals surface area contributed by atoms with Gasteiger partial charge in [0, 0.05) is 24.2 Å². The molecule has 0 amide bonds. The predicted molar refractivity (Wildman–Crippen MR) is 77.0 cm³/mol. The van der Waals surface area contributed by atoms with Gasteiger partial charge in [0.25, 0.3) is 0 Å². The predicted octanol–water partition coefficient (Wildman–Crippen LogP) is 2.35. The zero-order chi connectivity index (χ0) is 14.2. The lowest BCUT2D eigenvalue weighted by molar-refractivity contribution is 0.429. The quantitative estimate of drug-likeness (QED) is 0.929. The summed E-state index contributed by atoms with van der Waals surface area (Å²) in [5.74, 6) is 0.188. The van der Waals surface area contributed by atoms with Gasteiger partial charge in [-0.3, -0.25) is 0 Å². The second-order valence-corrected chi connectivity index (χ2v) is 7.60. The van der Waals surface area contributed by atoms with Crippen molar-refractivity contribution in [2.45, 2.75) is 24.3 Å². The van der Waals surface area contributed by atoms with E-state index in [1.54, 1.807) is 6.07 Å². The molecule has 0 saturated carbocycles. The smallest absolute Gasteiger partial charge is 0.244 e. The zero-order valence-corrected chi connectivity index (χ0v) is 12.8. The molecule has 2 atom stereocenters. The van der Waals surface area contributed by atoms with Crippen LogP contribution >= 0.6 is 23.2 Å². The van der Waals surface area contributed by atoms with Gasteiger partial charge >= 0.3 is 0 Å². The fraction of sp³-hybridized carbons (Fsp3) is 0.500. The van der Waals surface area contributed by atoms with Gasteiger partial charge < -0.3 is 5.73 Å². The Hall–Kier alpha value is -0.330. The van der Waals surface area contributed by atoms with Crippen LogP contribution in [0.4, 0.5) is 0 Å². The summed E-state index contributed by atoms with van der Waals surface area (Å²) in [6.07, 6.45) is 0.773. The molecule has 1 saturated heterocycles. The van der Waals surface area contributed by atoms with Gasteiger partial charge in [-0.05, 0) is 37.5 Å². The number of hydrogen-bond acceptors (Lipinski definition) is 3. The molecular formula is C12H16Cl2N2O2S. The number of rotatable bonds is 3. The molecule has 0 radical (unpaired) electrons. The molecule has 4 nitrogen and oxygen atoms in total. The van der Waals surface area contributed by atoms with E-state index in [4.69, 9.17) is 28.9 Å². The van der Waals surface area contributed by atoms with Gasteiger partial charge in [0.2, 0.25) is 10.0 Å². The average Bonchev–Trinajstić information content (AvgIpc) is 2.82. The minimum absolute atomic E-state index is 0.0185. The summed E-state index contributed by atoms with van der Waals surface area (Å²) >= 11 is 11.8. The number of benzene rings is 1. The number of halogens is 2. The van der Waals surface area contributed by atoms with Crippen molar-refractivity contribution in [3.05, 3.63) is 28.2 Å². The monoisotopic (exact) mass is 322 g/mol. The molecule has 1 fully saturated rings. The summed E-state index contributed by atoms with van der Waals surface area (Å²) in [5.41, 5.74) is 5.83. The molecule has 1 heterocycles. The second kappa shape index (κ2) is 5.58.